The van der Waals surface area contributed by atoms with E-state index in [4.69, 9.17) is 23.2 Å². The van der Waals surface area contributed by atoms with Crippen LogP contribution >= 0.6 is 23.2 Å². The van der Waals surface area contributed by atoms with E-state index in [2.05, 4.69) is 9.97 Å². The van der Waals surface area contributed by atoms with E-state index >= 15 is 0 Å². The van der Waals surface area contributed by atoms with Crippen molar-refractivity contribution in [3.63, 3.8) is 0 Å². The first-order valence-electron chi connectivity index (χ1n) is 5.94. The van der Waals surface area contributed by atoms with Gasteiger partial charge in [0.15, 0.2) is 5.82 Å². The maximum Gasteiger partial charge on any atom is 0.164 e. The van der Waals surface area contributed by atoms with Gasteiger partial charge in [-0.3, -0.25) is 0 Å². The molecule has 0 saturated carbocycles. The maximum atomic E-state index is 14.0. The molecule has 1 aromatic heterocycles. The Hall–Kier alpha value is -1.71. The van der Waals surface area contributed by atoms with Crippen LogP contribution in [-0.2, 0) is 0 Å². The van der Waals surface area contributed by atoms with E-state index in [0.717, 1.165) is 5.56 Å². The van der Waals surface area contributed by atoms with Crippen molar-refractivity contribution in [2.24, 2.45) is 0 Å². The van der Waals surface area contributed by atoms with Crippen LogP contribution in [-0.4, -0.2) is 9.97 Å². The molecule has 3 rings (SSSR count). The Balaban J connectivity index is 2.29. The summed E-state index contributed by atoms with van der Waals surface area (Å²) in [6, 6.07) is 10.1. The third-order valence-electron chi connectivity index (χ3n) is 3.00. The molecule has 0 unspecified atom stereocenters. The molecule has 0 radical (unpaired) electrons. The number of para-hydroxylation sites is 1. The summed E-state index contributed by atoms with van der Waals surface area (Å²) in [6.07, 6.45) is 0. The van der Waals surface area contributed by atoms with Crippen molar-refractivity contribution in [1.82, 2.24) is 9.97 Å². The van der Waals surface area contributed by atoms with Gasteiger partial charge in [0.2, 0.25) is 0 Å². The normalized spacial score (nSPS) is 11.0. The third-order valence-corrected chi connectivity index (χ3v) is 3.59. The van der Waals surface area contributed by atoms with Gasteiger partial charge in [0.25, 0.3) is 0 Å². The zero-order valence-corrected chi connectivity index (χ0v) is 12.0. The van der Waals surface area contributed by atoms with Gasteiger partial charge in [0.05, 0.1) is 16.1 Å². The van der Waals surface area contributed by atoms with E-state index in [1.807, 2.05) is 6.92 Å². The lowest BCUT2D eigenvalue weighted by Gasteiger charge is -2.07. The molecular weight excluding hydrogens is 298 g/mol. The van der Waals surface area contributed by atoms with Crippen molar-refractivity contribution in [2.45, 2.75) is 6.92 Å². The minimum Gasteiger partial charge on any atom is -0.226 e. The van der Waals surface area contributed by atoms with E-state index in [1.54, 1.807) is 30.3 Å². The lowest BCUT2D eigenvalue weighted by Crippen LogP contribution is -1.95. The van der Waals surface area contributed by atoms with Gasteiger partial charge >= 0.3 is 0 Å². The summed E-state index contributed by atoms with van der Waals surface area (Å²) >= 11 is 12.2. The molecule has 2 nitrogen and oxygen atoms in total. The molecule has 3 aromatic rings. The van der Waals surface area contributed by atoms with E-state index in [9.17, 15) is 4.39 Å². The molecule has 0 aliphatic rings. The Kier molecular flexibility index (Phi) is 3.32. The first kappa shape index (κ1) is 13.3. The number of aromatic nitrogens is 2. The number of benzene rings is 2. The number of rotatable bonds is 1. The summed E-state index contributed by atoms with van der Waals surface area (Å²) < 4.78 is 14.0. The summed E-state index contributed by atoms with van der Waals surface area (Å²) in [5, 5.41) is 1.36. The van der Waals surface area contributed by atoms with Gasteiger partial charge in [-0.15, -0.1) is 0 Å². The van der Waals surface area contributed by atoms with Crippen LogP contribution in [0.3, 0.4) is 0 Å². The van der Waals surface area contributed by atoms with E-state index in [1.165, 1.54) is 6.07 Å². The van der Waals surface area contributed by atoms with E-state index in [0.29, 0.717) is 21.5 Å². The van der Waals surface area contributed by atoms with Crippen molar-refractivity contribution < 1.29 is 4.39 Å². The molecule has 100 valence electrons. The zero-order chi connectivity index (χ0) is 14.3. The number of fused-ring (bicyclic) bond motifs is 1. The largest absolute Gasteiger partial charge is 0.226 e. The zero-order valence-electron chi connectivity index (χ0n) is 10.5. The summed E-state index contributed by atoms with van der Waals surface area (Å²) in [4.78, 5) is 8.49. The van der Waals surface area contributed by atoms with Crippen molar-refractivity contribution >= 4 is 34.1 Å². The quantitative estimate of drug-likeness (QED) is 0.588. The molecule has 0 spiro atoms. The second kappa shape index (κ2) is 5.00. The molecule has 0 atom stereocenters. The van der Waals surface area contributed by atoms with Gasteiger partial charge in [-0.1, -0.05) is 35.3 Å². The van der Waals surface area contributed by atoms with Crippen LogP contribution in [0.15, 0.2) is 36.4 Å². The Morgan fingerprint density at radius 3 is 2.60 bits per heavy atom. The van der Waals surface area contributed by atoms with Crippen molar-refractivity contribution in [1.29, 1.82) is 0 Å². The molecule has 0 saturated heterocycles. The molecule has 0 bridgehead atoms. The highest BCUT2D eigenvalue weighted by atomic mass is 35.5. The summed E-state index contributed by atoms with van der Waals surface area (Å²) in [5.41, 5.74) is 1.65. The van der Waals surface area contributed by atoms with Crippen LogP contribution < -0.4 is 0 Å². The molecule has 20 heavy (non-hydrogen) atoms. The highest BCUT2D eigenvalue weighted by molar-refractivity contribution is 6.38. The van der Waals surface area contributed by atoms with Crippen LogP contribution in [0.5, 0.6) is 0 Å². The van der Waals surface area contributed by atoms with Gasteiger partial charge in [0.1, 0.15) is 11.0 Å². The Morgan fingerprint density at radius 1 is 1.05 bits per heavy atom. The average Bonchev–Trinajstić information content (AvgIpc) is 2.40. The molecule has 2 aromatic carbocycles. The Morgan fingerprint density at radius 2 is 1.85 bits per heavy atom. The second-order valence-corrected chi connectivity index (χ2v) is 5.22. The molecule has 1 heterocycles. The average molecular weight is 307 g/mol. The number of nitrogens with zero attached hydrogens (tertiary/aromatic N) is 2. The summed E-state index contributed by atoms with van der Waals surface area (Å²) in [5.74, 6) is -0.152. The number of halogens is 3. The minimum atomic E-state index is -0.382. The summed E-state index contributed by atoms with van der Waals surface area (Å²) in [6.45, 7) is 1.82. The third kappa shape index (κ3) is 2.23. The predicted molar refractivity (Wildman–Crippen MR) is 79.7 cm³/mol. The fourth-order valence-electron chi connectivity index (χ4n) is 2.00. The fraction of sp³-hybridized carbons (Fsp3) is 0.0667. The number of aryl methyl sites for hydroxylation is 1. The van der Waals surface area contributed by atoms with Crippen molar-refractivity contribution in [3.05, 3.63) is 58.0 Å². The molecule has 5 heteroatoms. The SMILES string of the molecule is Cc1ccc(-c2nc(Cl)c3cccc(Cl)c3n2)c(F)c1. The van der Waals surface area contributed by atoms with Crippen LogP contribution in [0.1, 0.15) is 5.56 Å². The number of hydrogen-bond donors (Lipinski definition) is 0. The van der Waals surface area contributed by atoms with Gasteiger partial charge in [-0.05, 0) is 36.8 Å². The molecular formula is C15H9Cl2FN2. The summed E-state index contributed by atoms with van der Waals surface area (Å²) in [7, 11) is 0. The highest BCUT2D eigenvalue weighted by Gasteiger charge is 2.13. The lowest BCUT2D eigenvalue weighted by molar-refractivity contribution is 0.629. The standard InChI is InChI=1S/C15H9Cl2FN2/c1-8-5-6-9(12(18)7-8)15-19-13-10(14(17)20-15)3-2-4-11(13)16/h2-7H,1H3. The molecule has 0 N–H and O–H groups in total. The van der Waals surface area contributed by atoms with Crippen molar-refractivity contribution in [2.75, 3.05) is 0 Å². The van der Waals surface area contributed by atoms with Crippen LogP contribution in [0, 0.1) is 12.7 Å². The molecule has 0 amide bonds. The van der Waals surface area contributed by atoms with Crippen LogP contribution in [0.2, 0.25) is 10.2 Å². The van der Waals surface area contributed by atoms with Crippen LogP contribution in [0.25, 0.3) is 22.3 Å². The van der Waals surface area contributed by atoms with E-state index < -0.39 is 0 Å². The fourth-order valence-corrected chi connectivity index (χ4v) is 2.45. The maximum absolute atomic E-state index is 14.0. The predicted octanol–water partition coefficient (Wildman–Crippen LogP) is 5.05. The Bertz CT molecular complexity index is 818. The van der Waals surface area contributed by atoms with Gasteiger partial charge in [-0.25, -0.2) is 14.4 Å². The molecule has 0 fully saturated rings. The van der Waals surface area contributed by atoms with Gasteiger partial charge in [-0.2, -0.15) is 0 Å². The molecule has 0 aliphatic carbocycles. The number of hydrogen-bond acceptors (Lipinski definition) is 2. The first-order chi connectivity index (χ1) is 9.56. The highest BCUT2D eigenvalue weighted by Crippen LogP contribution is 2.30. The van der Waals surface area contributed by atoms with Gasteiger partial charge < -0.3 is 0 Å². The van der Waals surface area contributed by atoms with E-state index in [-0.39, 0.29) is 16.8 Å². The minimum absolute atomic E-state index is 0.230. The second-order valence-electron chi connectivity index (χ2n) is 4.46. The Labute approximate surface area is 125 Å². The van der Waals surface area contributed by atoms with Gasteiger partial charge in [0, 0.05) is 5.39 Å². The van der Waals surface area contributed by atoms with Crippen molar-refractivity contribution in [3.8, 4) is 11.4 Å². The smallest absolute Gasteiger partial charge is 0.164 e. The van der Waals surface area contributed by atoms with Crippen LogP contribution in [0.4, 0.5) is 4.39 Å². The topological polar surface area (TPSA) is 25.8 Å². The first-order valence-corrected chi connectivity index (χ1v) is 6.70. The monoisotopic (exact) mass is 306 g/mol. The lowest BCUT2D eigenvalue weighted by atomic mass is 10.1. The molecule has 0 aliphatic heterocycles.